The van der Waals surface area contributed by atoms with Crippen molar-refractivity contribution >= 4 is 29.2 Å². The molecule has 108 valence electrons. The molecule has 0 saturated carbocycles. The Kier molecular flexibility index (Phi) is 4.45. The summed E-state index contributed by atoms with van der Waals surface area (Å²) in [5, 5.41) is 12.4. The van der Waals surface area contributed by atoms with Gasteiger partial charge in [-0.1, -0.05) is 23.7 Å². The number of hydrogen-bond acceptors (Lipinski definition) is 3. The maximum absolute atomic E-state index is 11.4. The average Bonchev–Trinajstić information content (AvgIpc) is 2.46. The molecule has 0 saturated heterocycles. The van der Waals surface area contributed by atoms with Gasteiger partial charge in [-0.05, 0) is 35.9 Å². The molecule has 0 heterocycles. The molecule has 21 heavy (non-hydrogen) atoms. The van der Waals surface area contributed by atoms with Crippen molar-refractivity contribution < 1.29 is 14.7 Å². The van der Waals surface area contributed by atoms with E-state index in [1.165, 1.54) is 12.1 Å². The number of halogens is 1. The van der Waals surface area contributed by atoms with Crippen LogP contribution in [-0.2, 0) is 6.54 Å². The first-order valence-electron chi connectivity index (χ1n) is 6.13. The van der Waals surface area contributed by atoms with Gasteiger partial charge in [-0.2, -0.15) is 0 Å². The highest BCUT2D eigenvalue weighted by atomic mass is 35.5. The molecule has 1 amide bonds. The first kappa shape index (κ1) is 14.9. The van der Waals surface area contributed by atoms with Crippen LogP contribution in [-0.4, -0.2) is 17.0 Å². The number of benzene rings is 2. The molecule has 0 aromatic heterocycles. The molecule has 0 radical (unpaired) electrons. The number of aromatic carboxylic acids is 1. The Morgan fingerprint density at radius 2 is 1.95 bits per heavy atom. The summed E-state index contributed by atoms with van der Waals surface area (Å²) < 4.78 is 0. The molecule has 0 unspecified atom stereocenters. The fraction of sp³-hybridized carbons (Fsp3) is 0.0667. The first-order chi connectivity index (χ1) is 9.97. The second kappa shape index (κ2) is 6.28. The van der Waals surface area contributed by atoms with E-state index in [4.69, 9.17) is 22.4 Å². The van der Waals surface area contributed by atoms with Crippen molar-refractivity contribution in [2.75, 3.05) is 5.32 Å². The second-order valence-corrected chi connectivity index (χ2v) is 4.85. The zero-order valence-electron chi connectivity index (χ0n) is 11.0. The lowest BCUT2D eigenvalue weighted by Gasteiger charge is -2.11. The minimum atomic E-state index is -0.985. The van der Waals surface area contributed by atoms with E-state index in [1.807, 2.05) is 0 Å². The van der Waals surface area contributed by atoms with Crippen LogP contribution in [0, 0.1) is 0 Å². The molecular weight excluding hydrogens is 292 g/mol. The summed E-state index contributed by atoms with van der Waals surface area (Å²) in [6, 6.07) is 11.3. The van der Waals surface area contributed by atoms with Crippen molar-refractivity contribution in [3.63, 3.8) is 0 Å². The predicted octanol–water partition coefficient (Wildman–Crippen LogP) is 2.75. The van der Waals surface area contributed by atoms with Gasteiger partial charge in [0.05, 0.1) is 11.1 Å². The molecular formula is C15H13ClN2O3. The Hall–Kier alpha value is -2.53. The summed E-state index contributed by atoms with van der Waals surface area (Å²) in [5.74, 6) is -1.57. The van der Waals surface area contributed by atoms with Gasteiger partial charge in [-0.15, -0.1) is 0 Å². The first-order valence-corrected chi connectivity index (χ1v) is 6.50. The number of primary amides is 1. The van der Waals surface area contributed by atoms with E-state index in [1.54, 1.807) is 30.3 Å². The zero-order valence-corrected chi connectivity index (χ0v) is 11.7. The van der Waals surface area contributed by atoms with Crippen LogP contribution >= 0.6 is 11.6 Å². The molecule has 6 heteroatoms. The van der Waals surface area contributed by atoms with Crippen molar-refractivity contribution in [1.82, 2.24) is 0 Å². The number of anilines is 1. The predicted molar refractivity (Wildman–Crippen MR) is 80.7 cm³/mol. The van der Waals surface area contributed by atoms with Gasteiger partial charge in [0.15, 0.2) is 0 Å². The summed E-state index contributed by atoms with van der Waals surface area (Å²) in [4.78, 5) is 22.3. The van der Waals surface area contributed by atoms with Gasteiger partial charge in [0.25, 0.3) is 5.91 Å². The monoisotopic (exact) mass is 304 g/mol. The fourth-order valence-electron chi connectivity index (χ4n) is 1.89. The summed E-state index contributed by atoms with van der Waals surface area (Å²) in [6.07, 6.45) is 0. The topological polar surface area (TPSA) is 92.4 Å². The van der Waals surface area contributed by atoms with Gasteiger partial charge < -0.3 is 16.2 Å². The highest BCUT2D eigenvalue weighted by Gasteiger charge is 2.09. The van der Waals surface area contributed by atoms with E-state index in [-0.39, 0.29) is 11.1 Å². The number of nitrogens with one attached hydrogen (secondary N) is 1. The maximum atomic E-state index is 11.4. The average molecular weight is 305 g/mol. The third kappa shape index (κ3) is 3.73. The van der Waals surface area contributed by atoms with E-state index in [9.17, 15) is 9.59 Å². The molecule has 5 nitrogen and oxygen atoms in total. The number of carboxylic acids is 1. The van der Waals surface area contributed by atoms with Crippen molar-refractivity contribution in [3.8, 4) is 0 Å². The number of carboxylic acid groups (broad SMARTS) is 1. The summed E-state index contributed by atoms with van der Waals surface area (Å²) in [6.45, 7) is 0.364. The van der Waals surface area contributed by atoms with E-state index in [0.29, 0.717) is 17.3 Å². The Morgan fingerprint density at radius 1 is 1.19 bits per heavy atom. The summed E-state index contributed by atoms with van der Waals surface area (Å²) in [5.41, 5.74) is 7.13. The molecule has 2 aromatic carbocycles. The van der Waals surface area contributed by atoms with Crippen LogP contribution in [0.4, 0.5) is 5.69 Å². The third-order valence-corrected chi connectivity index (χ3v) is 3.14. The number of carbonyl (C=O) groups is 2. The zero-order chi connectivity index (χ0) is 15.4. The van der Waals surface area contributed by atoms with E-state index < -0.39 is 11.9 Å². The Morgan fingerprint density at radius 3 is 2.62 bits per heavy atom. The normalized spacial score (nSPS) is 10.1. The number of nitrogens with two attached hydrogens (primary N) is 1. The van der Waals surface area contributed by atoms with Crippen molar-refractivity contribution in [2.45, 2.75) is 6.54 Å². The van der Waals surface area contributed by atoms with Crippen LogP contribution in [0.2, 0.25) is 5.02 Å². The van der Waals surface area contributed by atoms with E-state index in [0.717, 1.165) is 5.56 Å². The highest BCUT2D eigenvalue weighted by Crippen LogP contribution is 2.21. The van der Waals surface area contributed by atoms with Gasteiger partial charge in [0.2, 0.25) is 0 Å². The minimum absolute atomic E-state index is 0.209. The second-order valence-electron chi connectivity index (χ2n) is 4.41. The largest absolute Gasteiger partial charge is 0.478 e. The molecule has 0 fully saturated rings. The summed E-state index contributed by atoms with van der Waals surface area (Å²) in [7, 11) is 0. The summed E-state index contributed by atoms with van der Waals surface area (Å²) >= 11 is 5.83. The molecule has 0 aliphatic carbocycles. The Bertz CT molecular complexity index is 701. The number of amides is 1. The van der Waals surface area contributed by atoms with Crippen LogP contribution in [0.1, 0.15) is 26.3 Å². The molecule has 0 spiro atoms. The quantitative estimate of drug-likeness (QED) is 0.792. The van der Waals surface area contributed by atoms with Crippen LogP contribution in [0.3, 0.4) is 0 Å². The van der Waals surface area contributed by atoms with E-state index in [2.05, 4.69) is 5.32 Å². The number of rotatable bonds is 5. The van der Waals surface area contributed by atoms with Gasteiger partial charge >= 0.3 is 5.97 Å². The SMILES string of the molecule is NC(=O)c1cc(Cl)ccc1NCc1cccc(C(=O)O)c1. The molecule has 2 rings (SSSR count). The molecule has 4 N–H and O–H groups in total. The van der Waals surface area contributed by atoms with Crippen molar-refractivity contribution in [2.24, 2.45) is 5.73 Å². The highest BCUT2D eigenvalue weighted by molar-refractivity contribution is 6.31. The van der Waals surface area contributed by atoms with E-state index >= 15 is 0 Å². The van der Waals surface area contributed by atoms with Crippen LogP contribution in [0.25, 0.3) is 0 Å². The van der Waals surface area contributed by atoms with Crippen molar-refractivity contribution in [3.05, 3.63) is 64.2 Å². The minimum Gasteiger partial charge on any atom is -0.478 e. The standard InChI is InChI=1S/C15H13ClN2O3/c16-11-4-5-13(12(7-11)14(17)19)18-8-9-2-1-3-10(6-9)15(20)21/h1-7,18H,8H2,(H2,17,19)(H,20,21). The maximum Gasteiger partial charge on any atom is 0.335 e. The molecule has 0 bridgehead atoms. The van der Waals surface area contributed by atoms with Crippen LogP contribution in [0.5, 0.6) is 0 Å². The lowest BCUT2D eigenvalue weighted by molar-refractivity contribution is 0.0696. The van der Waals surface area contributed by atoms with Crippen LogP contribution < -0.4 is 11.1 Å². The lowest BCUT2D eigenvalue weighted by atomic mass is 10.1. The molecule has 2 aromatic rings. The van der Waals surface area contributed by atoms with Crippen LogP contribution in [0.15, 0.2) is 42.5 Å². The van der Waals surface area contributed by atoms with Gasteiger partial charge in [-0.25, -0.2) is 4.79 Å². The number of carbonyl (C=O) groups excluding carboxylic acids is 1. The molecule has 0 atom stereocenters. The van der Waals surface area contributed by atoms with Crippen molar-refractivity contribution in [1.29, 1.82) is 0 Å². The third-order valence-electron chi connectivity index (χ3n) is 2.90. The smallest absolute Gasteiger partial charge is 0.335 e. The van der Waals surface area contributed by atoms with Gasteiger partial charge in [0, 0.05) is 17.3 Å². The van der Waals surface area contributed by atoms with Gasteiger partial charge in [0.1, 0.15) is 0 Å². The van der Waals surface area contributed by atoms with Gasteiger partial charge in [-0.3, -0.25) is 4.79 Å². The Balaban J connectivity index is 2.18. The molecule has 0 aliphatic rings. The fourth-order valence-corrected chi connectivity index (χ4v) is 2.06. The number of hydrogen-bond donors (Lipinski definition) is 3. The Labute approximate surface area is 126 Å². The molecule has 0 aliphatic heterocycles. The lowest BCUT2D eigenvalue weighted by Crippen LogP contribution is -2.14.